The molecule has 2 aromatic rings. The molecule has 0 amide bonds. The summed E-state index contributed by atoms with van der Waals surface area (Å²) in [6.07, 6.45) is 0. The number of benzene rings is 1. The normalized spacial score (nSPS) is 12.4. The summed E-state index contributed by atoms with van der Waals surface area (Å²) in [6, 6.07) is 10.3. The minimum absolute atomic E-state index is 0.174. The first kappa shape index (κ1) is 10.4. The van der Waals surface area contributed by atoms with Gasteiger partial charge in [0.2, 0.25) is 0 Å². The SMILES string of the molecule is CC(Nc1nsnc1Cl)c1ccccc1. The summed E-state index contributed by atoms with van der Waals surface area (Å²) in [4.78, 5) is 0. The van der Waals surface area contributed by atoms with Crippen LogP contribution in [0.2, 0.25) is 5.15 Å². The van der Waals surface area contributed by atoms with Gasteiger partial charge in [0, 0.05) is 0 Å². The maximum atomic E-state index is 5.85. The van der Waals surface area contributed by atoms with Crippen LogP contribution < -0.4 is 5.32 Å². The van der Waals surface area contributed by atoms with E-state index in [4.69, 9.17) is 11.6 Å². The number of rotatable bonds is 3. The molecule has 1 heterocycles. The van der Waals surface area contributed by atoms with Crippen LogP contribution in [-0.2, 0) is 0 Å². The van der Waals surface area contributed by atoms with E-state index >= 15 is 0 Å². The molecule has 0 radical (unpaired) electrons. The lowest BCUT2D eigenvalue weighted by atomic mass is 10.1. The molecule has 2 rings (SSSR count). The molecule has 1 aromatic heterocycles. The van der Waals surface area contributed by atoms with E-state index in [2.05, 4.69) is 33.1 Å². The van der Waals surface area contributed by atoms with Crippen molar-refractivity contribution < 1.29 is 0 Å². The number of anilines is 1. The highest BCUT2D eigenvalue weighted by atomic mass is 35.5. The number of halogens is 1. The topological polar surface area (TPSA) is 37.8 Å². The van der Waals surface area contributed by atoms with Crippen LogP contribution in [0.1, 0.15) is 18.5 Å². The quantitative estimate of drug-likeness (QED) is 0.893. The summed E-state index contributed by atoms with van der Waals surface area (Å²) in [5.74, 6) is 0.651. The van der Waals surface area contributed by atoms with Gasteiger partial charge in [-0.25, -0.2) is 0 Å². The van der Waals surface area contributed by atoms with Gasteiger partial charge in [0.25, 0.3) is 0 Å². The largest absolute Gasteiger partial charge is 0.360 e. The molecule has 0 aliphatic heterocycles. The lowest BCUT2D eigenvalue weighted by Crippen LogP contribution is -2.06. The molecule has 78 valence electrons. The van der Waals surface area contributed by atoms with Gasteiger partial charge in [0.05, 0.1) is 17.8 Å². The number of nitrogens with zero attached hydrogens (tertiary/aromatic N) is 2. The molecule has 1 aromatic carbocycles. The summed E-state index contributed by atoms with van der Waals surface area (Å²) in [5, 5.41) is 3.64. The molecule has 0 aliphatic carbocycles. The minimum atomic E-state index is 0.174. The van der Waals surface area contributed by atoms with Crippen LogP contribution in [-0.4, -0.2) is 8.75 Å². The Morgan fingerprint density at radius 2 is 2.00 bits per heavy atom. The second-order valence-electron chi connectivity index (χ2n) is 3.18. The third-order valence-corrected chi connectivity index (χ3v) is 2.99. The van der Waals surface area contributed by atoms with Crippen LogP contribution in [0.25, 0.3) is 0 Å². The van der Waals surface area contributed by atoms with Crippen molar-refractivity contribution in [2.24, 2.45) is 0 Å². The van der Waals surface area contributed by atoms with Gasteiger partial charge in [0.15, 0.2) is 11.0 Å². The zero-order chi connectivity index (χ0) is 10.7. The molecular weight excluding hydrogens is 230 g/mol. The van der Waals surface area contributed by atoms with Gasteiger partial charge in [-0.05, 0) is 12.5 Å². The number of nitrogens with one attached hydrogen (secondary N) is 1. The van der Waals surface area contributed by atoms with Crippen molar-refractivity contribution in [3.05, 3.63) is 41.0 Å². The van der Waals surface area contributed by atoms with Gasteiger partial charge < -0.3 is 5.32 Å². The van der Waals surface area contributed by atoms with Crippen LogP contribution in [0.15, 0.2) is 30.3 Å². The van der Waals surface area contributed by atoms with E-state index in [0.29, 0.717) is 11.0 Å². The van der Waals surface area contributed by atoms with E-state index in [9.17, 15) is 0 Å². The Bertz CT molecular complexity index is 429. The van der Waals surface area contributed by atoms with Crippen molar-refractivity contribution in [3.8, 4) is 0 Å². The predicted octanol–water partition coefficient (Wildman–Crippen LogP) is 3.36. The van der Waals surface area contributed by atoms with Crippen molar-refractivity contribution in [2.75, 3.05) is 5.32 Å². The average molecular weight is 240 g/mol. The molecule has 0 aliphatic rings. The van der Waals surface area contributed by atoms with Gasteiger partial charge >= 0.3 is 0 Å². The van der Waals surface area contributed by atoms with Crippen LogP contribution in [0, 0.1) is 0 Å². The highest BCUT2D eigenvalue weighted by molar-refractivity contribution is 6.99. The highest BCUT2D eigenvalue weighted by Crippen LogP contribution is 2.23. The van der Waals surface area contributed by atoms with E-state index in [1.54, 1.807) is 0 Å². The molecule has 0 fully saturated rings. The third kappa shape index (κ3) is 2.46. The molecule has 3 nitrogen and oxygen atoms in total. The van der Waals surface area contributed by atoms with Crippen molar-refractivity contribution in [1.82, 2.24) is 8.75 Å². The number of aromatic nitrogens is 2. The second kappa shape index (κ2) is 4.59. The van der Waals surface area contributed by atoms with Crippen molar-refractivity contribution >= 4 is 29.1 Å². The standard InChI is InChI=1S/C10H10ClN3S/c1-7(8-5-3-2-4-6-8)12-10-9(11)13-15-14-10/h2-7H,1H3,(H,12,14). The average Bonchev–Trinajstić information content (AvgIpc) is 2.66. The second-order valence-corrected chi connectivity index (χ2v) is 4.07. The predicted molar refractivity (Wildman–Crippen MR) is 63.4 cm³/mol. The van der Waals surface area contributed by atoms with Gasteiger partial charge in [-0.2, -0.15) is 8.75 Å². The maximum absolute atomic E-state index is 5.85. The molecule has 0 saturated carbocycles. The molecule has 1 unspecified atom stereocenters. The van der Waals surface area contributed by atoms with E-state index in [1.807, 2.05) is 18.2 Å². The molecule has 15 heavy (non-hydrogen) atoms. The van der Waals surface area contributed by atoms with Crippen LogP contribution in [0.5, 0.6) is 0 Å². The molecular formula is C10H10ClN3S. The smallest absolute Gasteiger partial charge is 0.186 e. The Kier molecular flexibility index (Phi) is 3.18. The van der Waals surface area contributed by atoms with E-state index in [1.165, 1.54) is 5.56 Å². The van der Waals surface area contributed by atoms with Crippen molar-refractivity contribution in [2.45, 2.75) is 13.0 Å². The number of hydrogen-bond donors (Lipinski definition) is 1. The fourth-order valence-corrected chi connectivity index (χ4v) is 1.95. The zero-order valence-electron chi connectivity index (χ0n) is 8.14. The van der Waals surface area contributed by atoms with Crippen LogP contribution >= 0.6 is 23.3 Å². The minimum Gasteiger partial charge on any atom is -0.360 e. The maximum Gasteiger partial charge on any atom is 0.186 e. The first-order valence-corrected chi connectivity index (χ1v) is 5.67. The Hall–Kier alpha value is -1.13. The van der Waals surface area contributed by atoms with Gasteiger partial charge in [0.1, 0.15) is 0 Å². The Labute approximate surface area is 97.4 Å². The molecule has 0 saturated heterocycles. The Morgan fingerprint density at radius 1 is 1.27 bits per heavy atom. The van der Waals surface area contributed by atoms with E-state index < -0.39 is 0 Å². The number of hydrogen-bond acceptors (Lipinski definition) is 4. The molecule has 0 bridgehead atoms. The first-order valence-electron chi connectivity index (χ1n) is 4.57. The van der Waals surface area contributed by atoms with Gasteiger partial charge in [-0.3, -0.25) is 0 Å². The third-order valence-electron chi connectivity index (χ3n) is 2.10. The zero-order valence-corrected chi connectivity index (χ0v) is 9.72. The summed E-state index contributed by atoms with van der Waals surface area (Å²) >= 11 is 6.95. The summed E-state index contributed by atoms with van der Waals surface area (Å²) in [5.41, 5.74) is 1.20. The van der Waals surface area contributed by atoms with Gasteiger partial charge in [-0.15, -0.1) is 0 Å². The fourth-order valence-electron chi connectivity index (χ4n) is 1.29. The van der Waals surface area contributed by atoms with Gasteiger partial charge in [-0.1, -0.05) is 41.9 Å². The Balaban J connectivity index is 2.11. The van der Waals surface area contributed by atoms with Crippen molar-refractivity contribution in [3.63, 3.8) is 0 Å². The van der Waals surface area contributed by atoms with E-state index in [-0.39, 0.29) is 6.04 Å². The lowest BCUT2D eigenvalue weighted by Gasteiger charge is -2.13. The molecule has 1 N–H and O–H groups in total. The van der Waals surface area contributed by atoms with Crippen LogP contribution in [0.3, 0.4) is 0 Å². The monoisotopic (exact) mass is 239 g/mol. The van der Waals surface area contributed by atoms with Crippen molar-refractivity contribution in [1.29, 1.82) is 0 Å². The lowest BCUT2D eigenvalue weighted by molar-refractivity contribution is 0.879. The summed E-state index contributed by atoms with van der Waals surface area (Å²) in [6.45, 7) is 2.06. The first-order chi connectivity index (χ1) is 7.27. The van der Waals surface area contributed by atoms with Crippen LogP contribution in [0.4, 0.5) is 5.82 Å². The van der Waals surface area contributed by atoms with E-state index in [0.717, 1.165) is 11.7 Å². The molecule has 5 heteroatoms. The molecule has 0 spiro atoms. The molecule has 1 atom stereocenters. The summed E-state index contributed by atoms with van der Waals surface area (Å²) < 4.78 is 7.97. The fraction of sp³-hybridized carbons (Fsp3) is 0.200. The summed E-state index contributed by atoms with van der Waals surface area (Å²) in [7, 11) is 0. The Morgan fingerprint density at radius 3 is 2.60 bits per heavy atom. The highest BCUT2D eigenvalue weighted by Gasteiger charge is 2.09.